The van der Waals surface area contributed by atoms with E-state index >= 15 is 0 Å². The number of ether oxygens (including phenoxy) is 1. The average molecular weight is 234 g/mol. The highest BCUT2D eigenvalue weighted by atomic mass is 16.5. The largest absolute Gasteiger partial charge is 0.483 e. The lowest BCUT2D eigenvalue weighted by atomic mass is 9.93. The van der Waals surface area contributed by atoms with E-state index in [1.807, 2.05) is 24.3 Å². The van der Waals surface area contributed by atoms with Crippen LogP contribution in [0, 0.1) is 0 Å². The Labute approximate surface area is 101 Å². The van der Waals surface area contributed by atoms with Crippen molar-refractivity contribution in [3.8, 4) is 5.75 Å². The number of nitrogens with two attached hydrogens (primary N) is 1. The molecule has 3 N–H and O–H groups in total. The van der Waals surface area contributed by atoms with Gasteiger partial charge in [0, 0.05) is 18.2 Å². The molecular formula is C13H18N2O2. The second-order valence-corrected chi connectivity index (χ2v) is 4.30. The normalized spacial score (nSPS) is 15.1. The molecule has 0 atom stereocenters. The summed E-state index contributed by atoms with van der Waals surface area (Å²) in [5.74, 6) is 0.639. The minimum absolute atomic E-state index is 0.0541. The molecule has 1 aliphatic rings. The molecule has 0 spiro atoms. The average Bonchev–Trinajstić information content (AvgIpc) is 2.31. The van der Waals surface area contributed by atoms with Crippen molar-refractivity contribution in [1.29, 1.82) is 0 Å². The Morgan fingerprint density at radius 3 is 2.82 bits per heavy atom. The van der Waals surface area contributed by atoms with Crippen molar-refractivity contribution < 1.29 is 9.53 Å². The van der Waals surface area contributed by atoms with Crippen LogP contribution in [0.5, 0.6) is 5.75 Å². The summed E-state index contributed by atoms with van der Waals surface area (Å²) < 4.78 is 5.47. The highest BCUT2D eigenvalue weighted by Gasteiger charge is 2.19. The Hall–Kier alpha value is -1.55. The molecule has 1 aromatic carbocycles. The monoisotopic (exact) mass is 234 g/mol. The molecule has 0 aromatic heterocycles. The van der Waals surface area contributed by atoms with Crippen molar-refractivity contribution >= 4 is 5.91 Å². The van der Waals surface area contributed by atoms with Crippen LogP contribution in [-0.2, 0) is 11.3 Å². The lowest BCUT2D eigenvalue weighted by Crippen LogP contribution is -2.41. The number of hydrogen-bond acceptors (Lipinski definition) is 3. The van der Waals surface area contributed by atoms with Crippen LogP contribution in [0.2, 0.25) is 0 Å². The first kappa shape index (κ1) is 11.9. The van der Waals surface area contributed by atoms with E-state index in [1.54, 1.807) is 0 Å². The van der Waals surface area contributed by atoms with Gasteiger partial charge in [-0.1, -0.05) is 18.2 Å². The first-order valence-electron chi connectivity index (χ1n) is 5.99. The Morgan fingerprint density at radius 2 is 2.18 bits per heavy atom. The summed E-state index contributed by atoms with van der Waals surface area (Å²) in [6.45, 7) is 0.480. The van der Waals surface area contributed by atoms with Crippen molar-refractivity contribution in [3.05, 3.63) is 29.8 Å². The summed E-state index contributed by atoms with van der Waals surface area (Å²) in [5.41, 5.74) is 6.51. The van der Waals surface area contributed by atoms with Crippen molar-refractivity contribution in [2.75, 3.05) is 6.61 Å². The van der Waals surface area contributed by atoms with E-state index in [0.29, 0.717) is 18.3 Å². The van der Waals surface area contributed by atoms with Gasteiger partial charge in [-0.3, -0.25) is 4.79 Å². The molecule has 1 saturated carbocycles. The lowest BCUT2D eigenvalue weighted by Gasteiger charge is -2.26. The molecule has 0 saturated heterocycles. The number of hydrogen-bond donors (Lipinski definition) is 2. The van der Waals surface area contributed by atoms with Crippen LogP contribution in [0.1, 0.15) is 24.8 Å². The van der Waals surface area contributed by atoms with Crippen LogP contribution < -0.4 is 15.8 Å². The van der Waals surface area contributed by atoms with E-state index in [1.165, 1.54) is 6.42 Å². The topological polar surface area (TPSA) is 64.3 Å². The van der Waals surface area contributed by atoms with Crippen molar-refractivity contribution in [1.82, 2.24) is 5.32 Å². The van der Waals surface area contributed by atoms with Gasteiger partial charge in [-0.05, 0) is 25.3 Å². The molecule has 0 unspecified atom stereocenters. The predicted molar refractivity (Wildman–Crippen MR) is 65.6 cm³/mol. The maximum absolute atomic E-state index is 11.6. The van der Waals surface area contributed by atoms with Crippen LogP contribution >= 0.6 is 0 Å². The SMILES string of the molecule is NCc1ccccc1OCC(=O)NC1CCC1. The molecule has 1 aromatic rings. The Kier molecular flexibility index (Phi) is 3.98. The molecule has 92 valence electrons. The number of carbonyl (C=O) groups excluding carboxylic acids is 1. The summed E-state index contributed by atoms with van der Waals surface area (Å²) >= 11 is 0. The molecular weight excluding hydrogens is 216 g/mol. The molecule has 0 radical (unpaired) electrons. The molecule has 1 fully saturated rings. The predicted octanol–water partition coefficient (Wildman–Crippen LogP) is 1.19. The van der Waals surface area contributed by atoms with Gasteiger partial charge in [-0.2, -0.15) is 0 Å². The Morgan fingerprint density at radius 1 is 1.41 bits per heavy atom. The molecule has 1 aliphatic carbocycles. The van der Waals surface area contributed by atoms with Crippen molar-refractivity contribution in [2.45, 2.75) is 31.8 Å². The standard InChI is InChI=1S/C13H18N2O2/c14-8-10-4-1-2-7-12(10)17-9-13(16)15-11-5-3-6-11/h1-2,4,7,11H,3,5-6,8-9,14H2,(H,15,16). The third kappa shape index (κ3) is 3.20. The number of rotatable bonds is 5. The summed E-state index contributed by atoms with van der Waals surface area (Å²) in [7, 11) is 0. The van der Waals surface area contributed by atoms with Gasteiger partial charge in [0.2, 0.25) is 0 Å². The zero-order chi connectivity index (χ0) is 12.1. The Bertz CT molecular complexity index is 389. The van der Waals surface area contributed by atoms with Gasteiger partial charge in [-0.25, -0.2) is 0 Å². The summed E-state index contributed by atoms with van der Waals surface area (Å²) in [6, 6.07) is 7.87. The number of nitrogens with one attached hydrogen (secondary N) is 1. The van der Waals surface area contributed by atoms with E-state index in [9.17, 15) is 4.79 Å². The molecule has 0 heterocycles. The van der Waals surface area contributed by atoms with Crippen LogP contribution in [0.3, 0.4) is 0 Å². The van der Waals surface area contributed by atoms with E-state index < -0.39 is 0 Å². The fourth-order valence-electron chi connectivity index (χ4n) is 1.78. The number of amides is 1. The molecule has 2 rings (SSSR count). The number of benzene rings is 1. The highest BCUT2D eigenvalue weighted by Crippen LogP contribution is 2.19. The van der Waals surface area contributed by atoms with Crippen molar-refractivity contribution in [2.24, 2.45) is 5.73 Å². The molecule has 1 amide bonds. The minimum Gasteiger partial charge on any atom is -0.483 e. The minimum atomic E-state index is -0.0541. The smallest absolute Gasteiger partial charge is 0.258 e. The fourth-order valence-corrected chi connectivity index (χ4v) is 1.78. The molecule has 4 nitrogen and oxygen atoms in total. The van der Waals surface area contributed by atoms with Crippen molar-refractivity contribution in [3.63, 3.8) is 0 Å². The second kappa shape index (κ2) is 5.68. The second-order valence-electron chi connectivity index (χ2n) is 4.30. The summed E-state index contributed by atoms with van der Waals surface area (Å²) in [4.78, 5) is 11.6. The molecule has 0 aliphatic heterocycles. The van der Waals surface area contributed by atoms with E-state index in [0.717, 1.165) is 18.4 Å². The zero-order valence-corrected chi connectivity index (χ0v) is 9.82. The van der Waals surface area contributed by atoms with Gasteiger partial charge in [0.25, 0.3) is 5.91 Å². The summed E-state index contributed by atoms with van der Waals surface area (Å²) in [5, 5.41) is 2.93. The molecule has 4 heteroatoms. The molecule has 17 heavy (non-hydrogen) atoms. The van der Waals surface area contributed by atoms with Gasteiger partial charge in [0.05, 0.1) is 0 Å². The van der Waals surface area contributed by atoms with Gasteiger partial charge in [0.1, 0.15) is 5.75 Å². The van der Waals surface area contributed by atoms with E-state index in [2.05, 4.69) is 5.32 Å². The van der Waals surface area contributed by atoms with Gasteiger partial charge < -0.3 is 15.8 Å². The maximum Gasteiger partial charge on any atom is 0.258 e. The highest BCUT2D eigenvalue weighted by molar-refractivity contribution is 5.78. The molecule has 0 bridgehead atoms. The summed E-state index contributed by atoms with van der Waals surface area (Å²) in [6.07, 6.45) is 3.39. The quantitative estimate of drug-likeness (QED) is 0.804. The Balaban J connectivity index is 1.81. The van der Waals surface area contributed by atoms with Crippen LogP contribution in [0.4, 0.5) is 0 Å². The first-order valence-corrected chi connectivity index (χ1v) is 5.99. The first-order chi connectivity index (χ1) is 8.29. The third-order valence-corrected chi connectivity index (χ3v) is 3.02. The third-order valence-electron chi connectivity index (χ3n) is 3.02. The number of carbonyl (C=O) groups is 1. The fraction of sp³-hybridized carbons (Fsp3) is 0.462. The maximum atomic E-state index is 11.6. The lowest BCUT2D eigenvalue weighted by molar-refractivity contribution is -0.124. The van der Waals surface area contributed by atoms with E-state index in [-0.39, 0.29) is 12.5 Å². The van der Waals surface area contributed by atoms with Crippen LogP contribution in [0.15, 0.2) is 24.3 Å². The van der Waals surface area contributed by atoms with Gasteiger partial charge >= 0.3 is 0 Å². The zero-order valence-electron chi connectivity index (χ0n) is 9.82. The van der Waals surface area contributed by atoms with Crippen LogP contribution in [-0.4, -0.2) is 18.6 Å². The number of para-hydroxylation sites is 1. The van der Waals surface area contributed by atoms with E-state index in [4.69, 9.17) is 10.5 Å². The van der Waals surface area contributed by atoms with Gasteiger partial charge in [0.15, 0.2) is 6.61 Å². The van der Waals surface area contributed by atoms with Crippen LogP contribution in [0.25, 0.3) is 0 Å². The van der Waals surface area contributed by atoms with Gasteiger partial charge in [-0.15, -0.1) is 0 Å².